The largest absolute Gasteiger partial charge is 0.348 e. The van der Waals surface area contributed by atoms with E-state index in [-0.39, 0.29) is 24.4 Å². The first-order valence-corrected chi connectivity index (χ1v) is 11.4. The van der Waals surface area contributed by atoms with E-state index in [0.717, 1.165) is 23.8 Å². The molecule has 1 amide bonds. The molecule has 2 aromatic rings. The van der Waals surface area contributed by atoms with Crippen LogP contribution in [-0.2, 0) is 21.2 Å². The van der Waals surface area contributed by atoms with E-state index in [2.05, 4.69) is 12.2 Å². The highest BCUT2D eigenvalue weighted by Gasteiger charge is 2.24. The van der Waals surface area contributed by atoms with Crippen molar-refractivity contribution in [3.8, 4) is 0 Å². The van der Waals surface area contributed by atoms with Gasteiger partial charge in [0.05, 0.1) is 18.0 Å². The van der Waals surface area contributed by atoms with E-state index in [9.17, 15) is 13.2 Å². The molecule has 0 spiro atoms. The van der Waals surface area contributed by atoms with Crippen LogP contribution in [0.4, 0.5) is 5.69 Å². The number of amides is 1. The highest BCUT2D eigenvalue weighted by molar-refractivity contribution is 7.92. The maximum atomic E-state index is 12.6. The predicted molar refractivity (Wildman–Crippen MR) is 115 cm³/mol. The van der Waals surface area contributed by atoms with Crippen LogP contribution in [0.15, 0.2) is 48.5 Å². The van der Waals surface area contributed by atoms with Gasteiger partial charge in [-0.1, -0.05) is 63.2 Å². The summed E-state index contributed by atoms with van der Waals surface area (Å²) in [6, 6.07) is 15.2. The average Bonchev–Trinajstić information content (AvgIpc) is 2.65. The molecule has 5 nitrogen and oxygen atoms in total. The van der Waals surface area contributed by atoms with Crippen molar-refractivity contribution in [2.45, 2.75) is 46.1 Å². The normalized spacial score (nSPS) is 12.6. The van der Waals surface area contributed by atoms with Crippen LogP contribution >= 0.6 is 0 Å². The molecule has 0 unspecified atom stereocenters. The van der Waals surface area contributed by atoms with Gasteiger partial charge in [0.2, 0.25) is 15.9 Å². The van der Waals surface area contributed by atoms with E-state index < -0.39 is 10.0 Å². The van der Waals surface area contributed by atoms with Crippen LogP contribution in [0.5, 0.6) is 0 Å². The van der Waals surface area contributed by atoms with Crippen LogP contribution in [0, 0.1) is 0 Å². The molecule has 0 heterocycles. The zero-order valence-corrected chi connectivity index (χ0v) is 18.1. The summed E-state index contributed by atoms with van der Waals surface area (Å²) < 4.78 is 26.0. The van der Waals surface area contributed by atoms with Crippen molar-refractivity contribution < 1.29 is 13.2 Å². The monoisotopic (exact) mass is 402 g/mol. The van der Waals surface area contributed by atoms with Crippen LogP contribution < -0.4 is 9.62 Å². The lowest BCUT2D eigenvalue weighted by Gasteiger charge is -2.26. The molecule has 1 atom stereocenters. The molecule has 0 radical (unpaired) electrons. The number of rotatable bonds is 8. The molecule has 0 aliphatic rings. The van der Waals surface area contributed by atoms with E-state index in [0.29, 0.717) is 5.69 Å². The molecule has 0 aromatic heterocycles. The Kier molecular flexibility index (Phi) is 7.24. The minimum atomic E-state index is -3.61. The number of benzene rings is 2. The molecule has 0 fully saturated rings. The van der Waals surface area contributed by atoms with Gasteiger partial charge in [0.25, 0.3) is 0 Å². The lowest BCUT2D eigenvalue weighted by Crippen LogP contribution is -2.41. The third kappa shape index (κ3) is 5.58. The van der Waals surface area contributed by atoms with Crippen molar-refractivity contribution in [3.05, 3.63) is 65.2 Å². The number of anilines is 1. The van der Waals surface area contributed by atoms with Gasteiger partial charge in [0, 0.05) is 0 Å². The first-order chi connectivity index (χ1) is 13.1. The summed E-state index contributed by atoms with van der Waals surface area (Å²) in [4.78, 5) is 12.6. The molecule has 0 saturated heterocycles. The van der Waals surface area contributed by atoms with Crippen LogP contribution in [0.25, 0.3) is 0 Å². The summed E-state index contributed by atoms with van der Waals surface area (Å²) in [7, 11) is -3.61. The van der Waals surface area contributed by atoms with Crippen molar-refractivity contribution in [1.82, 2.24) is 5.32 Å². The lowest BCUT2D eigenvalue weighted by molar-refractivity contribution is -0.120. The second-order valence-corrected chi connectivity index (χ2v) is 9.27. The van der Waals surface area contributed by atoms with Crippen molar-refractivity contribution >= 4 is 21.6 Å². The molecule has 0 bridgehead atoms. The van der Waals surface area contributed by atoms with E-state index >= 15 is 0 Å². The number of carbonyl (C=O) groups excluding carboxylic acids is 1. The van der Waals surface area contributed by atoms with Gasteiger partial charge in [-0.2, -0.15) is 0 Å². The maximum Gasteiger partial charge on any atom is 0.241 e. The highest BCUT2D eigenvalue weighted by atomic mass is 32.2. The van der Waals surface area contributed by atoms with Gasteiger partial charge in [-0.15, -0.1) is 0 Å². The number of nitrogens with one attached hydrogen (secondary N) is 1. The number of aryl methyl sites for hydroxylation is 1. The molecule has 6 heteroatoms. The standard InChI is InChI=1S/C22H30N2O3S/c1-6-18-11-13-19(14-12-18)17(4)23-22(25)15-24(28(5,26)27)21-10-8-7-9-20(21)16(2)3/h7-14,16-17H,6,15H2,1-5H3,(H,23,25)/t17-/m0/s1. The fourth-order valence-corrected chi connectivity index (χ4v) is 4.00. The molecular weight excluding hydrogens is 372 g/mol. The van der Waals surface area contributed by atoms with Crippen molar-refractivity contribution in [3.63, 3.8) is 0 Å². The molecule has 152 valence electrons. The number of hydrogen-bond donors (Lipinski definition) is 1. The fraction of sp³-hybridized carbons (Fsp3) is 0.409. The Labute approximate surface area is 168 Å². The molecule has 2 rings (SSSR count). The molecule has 0 saturated carbocycles. The fourth-order valence-electron chi connectivity index (χ4n) is 3.13. The third-order valence-electron chi connectivity index (χ3n) is 4.78. The SMILES string of the molecule is CCc1ccc([C@H](C)NC(=O)CN(c2ccccc2C(C)C)S(C)(=O)=O)cc1. The quantitative estimate of drug-likeness (QED) is 0.725. The molecule has 1 N–H and O–H groups in total. The van der Waals surface area contributed by atoms with Crippen molar-refractivity contribution in [2.24, 2.45) is 0 Å². The molecule has 2 aromatic carbocycles. The first kappa shape index (κ1) is 22.0. The van der Waals surface area contributed by atoms with E-state index in [4.69, 9.17) is 0 Å². The van der Waals surface area contributed by atoms with Gasteiger partial charge in [0.1, 0.15) is 6.54 Å². The number of sulfonamides is 1. The second-order valence-electron chi connectivity index (χ2n) is 7.37. The highest BCUT2D eigenvalue weighted by Crippen LogP contribution is 2.28. The average molecular weight is 403 g/mol. The van der Waals surface area contributed by atoms with E-state index in [1.54, 1.807) is 12.1 Å². The summed E-state index contributed by atoms with van der Waals surface area (Å²) >= 11 is 0. The summed E-state index contributed by atoms with van der Waals surface area (Å²) in [5.74, 6) is -0.199. The molecule has 28 heavy (non-hydrogen) atoms. The van der Waals surface area contributed by atoms with Gasteiger partial charge in [0.15, 0.2) is 0 Å². The number of nitrogens with zero attached hydrogens (tertiary/aromatic N) is 1. The van der Waals surface area contributed by atoms with Gasteiger partial charge in [-0.05, 0) is 42.0 Å². The number of hydrogen-bond acceptors (Lipinski definition) is 3. The van der Waals surface area contributed by atoms with Crippen LogP contribution in [0.2, 0.25) is 0 Å². The van der Waals surface area contributed by atoms with Gasteiger partial charge in [-0.25, -0.2) is 8.42 Å². The summed E-state index contributed by atoms with van der Waals surface area (Å²) in [5.41, 5.74) is 3.66. The Morgan fingerprint density at radius 3 is 2.18 bits per heavy atom. The lowest BCUT2D eigenvalue weighted by atomic mass is 10.0. The van der Waals surface area contributed by atoms with Crippen molar-refractivity contribution in [2.75, 3.05) is 17.1 Å². The Morgan fingerprint density at radius 1 is 1.04 bits per heavy atom. The predicted octanol–water partition coefficient (Wildman–Crippen LogP) is 4.02. The zero-order chi connectivity index (χ0) is 20.9. The Hall–Kier alpha value is -2.34. The molecular formula is C22H30N2O3S. The molecule has 0 aliphatic heterocycles. The number of para-hydroxylation sites is 1. The van der Waals surface area contributed by atoms with Crippen molar-refractivity contribution in [1.29, 1.82) is 0 Å². The zero-order valence-electron chi connectivity index (χ0n) is 17.3. The summed E-state index contributed by atoms with van der Waals surface area (Å²) in [6.07, 6.45) is 2.09. The first-order valence-electron chi connectivity index (χ1n) is 9.58. The summed E-state index contributed by atoms with van der Waals surface area (Å²) in [6.45, 7) is 7.74. The van der Waals surface area contributed by atoms with E-state index in [1.807, 2.05) is 57.2 Å². The minimum Gasteiger partial charge on any atom is -0.348 e. The third-order valence-corrected chi connectivity index (χ3v) is 5.91. The Balaban J connectivity index is 2.20. The van der Waals surface area contributed by atoms with Gasteiger partial charge < -0.3 is 5.32 Å². The molecule has 0 aliphatic carbocycles. The summed E-state index contributed by atoms with van der Waals surface area (Å²) in [5, 5.41) is 2.91. The Morgan fingerprint density at radius 2 is 1.64 bits per heavy atom. The minimum absolute atomic E-state index is 0.138. The van der Waals surface area contributed by atoms with Gasteiger partial charge >= 0.3 is 0 Å². The smallest absolute Gasteiger partial charge is 0.241 e. The van der Waals surface area contributed by atoms with Crippen LogP contribution in [0.1, 0.15) is 56.3 Å². The topological polar surface area (TPSA) is 66.5 Å². The van der Waals surface area contributed by atoms with E-state index in [1.165, 1.54) is 9.87 Å². The van der Waals surface area contributed by atoms with Crippen LogP contribution in [-0.4, -0.2) is 27.1 Å². The van der Waals surface area contributed by atoms with Gasteiger partial charge in [-0.3, -0.25) is 9.10 Å². The van der Waals surface area contributed by atoms with Crippen LogP contribution in [0.3, 0.4) is 0 Å². The maximum absolute atomic E-state index is 12.6. The second kappa shape index (κ2) is 9.24. The number of carbonyl (C=O) groups is 1. The Bertz CT molecular complexity index is 906.